The SMILES string of the molecule is Cc1cccc(NC(=O)CSc2nnc(Cc3cccs3)n2C2CC2)c1. The van der Waals surface area contributed by atoms with Gasteiger partial charge in [-0.25, -0.2) is 0 Å². The average molecular weight is 385 g/mol. The number of thioether (sulfide) groups is 1. The first kappa shape index (κ1) is 17.3. The predicted octanol–water partition coefficient (Wildman–Crippen LogP) is 4.30. The van der Waals surface area contributed by atoms with Crippen LogP contribution in [0.4, 0.5) is 5.69 Å². The summed E-state index contributed by atoms with van der Waals surface area (Å²) in [6.07, 6.45) is 3.13. The molecule has 4 rings (SSSR count). The number of rotatable bonds is 7. The second-order valence-electron chi connectivity index (χ2n) is 6.46. The van der Waals surface area contributed by atoms with Crippen LogP contribution in [0.5, 0.6) is 0 Å². The topological polar surface area (TPSA) is 59.8 Å². The van der Waals surface area contributed by atoms with Crippen molar-refractivity contribution in [1.29, 1.82) is 0 Å². The predicted molar refractivity (Wildman–Crippen MR) is 106 cm³/mol. The van der Waals surface area contributed by atoms with Gasteiger partial charge in [-0.1, -0.05) is 30.0 Å². The largest absolute Gasteiger partial charge is 0.325 e. The lowest BCUT2D eigenvalue weighted by atomic mass is 10.2. The second-order valence-corrected chi connectivity index (χ2v) is 8.44. The van der Waals surface area contributed by atoms with E-state index in [2.05, 4.69) is 37.6 Å². The summed E-state index contributed by atoms with van der Waals surface area (Å²) in [6, 6.07) is 12.5. The number of nitrogens with zero attached hydrogens (tertiary/aromatic N) is 3. The van der Waals surface area contributed by atoms with E-state index >= 15 is 0 Å². The van der Waals surface area contributed by atoms with Gasteiger partial charge in [-0.3, -0.25) is 4.79 Å². The van der Waals surface area contributed by atoms with Gasteiger partial charge in [0.1, 0.15) is 5.82 Å². The van der Waals surface area contributed by atoms with Gasteiger partial charge in [-0.2, -0.15) is 0 Å². The first-order chi connectivity index (χ1) is 12.7. The number of carbonyl (C=O) groups is 1. The number of thiophene rings is 1. The minimum absolute atomic E-state index is 0.0225. The summed E-state index contributed by atoms with van der Waals surface area (Å²) in [7, 11) is 0. The van der Waals surface area contributed by atoms with Gasteiger partial charge in [0.15, 0.2) is 5.16 Å². The van der Waals surface area contributed by atoms with Crippen LogP contribution in [-0.4, -0.2) is 26.4 Å². The zero-order valence-corrected chi connectivity index (χ0v) is 16.1. The highest BCUT2D eigenvalue weighted by atomic mass is 32.2. The molecule has 0 atom stereocenters. The van der Waals surface area contributed by atoms with E-state index in [9.17, 15) is 4.79 Å². The summed E-state index contributed by atoms with van der Waals surface area (Å²) in [6.45, 7) is 2.01. The maximum absolute atomic E-state index is 12.3. The van der Waals surface area contributed by atoms with E-state index in [1.54, 1.807) is 11.3 Å². The summed E-state index contributed by atoms with van der Waals surface area (Å²) in [5.41, 5.74) is 1.96. The van der Waals surface area contributed by atoms with E-state index in [0.29, 0.717) is 11.8 Å². The van der Waals surface area contributed by atoms with Crippen molar-refractivity contribution < 1.29 is 4.79 Å². The van der Waals surface area contributed by atoms with Crippen molar-refractivity contribution in [1.82, 2.24) is 14.8 Å². The molecule has 0 aliphatic heterocycles. The molecule has 1 aliphatic carbocycles. The van der Waals surface area contributed by atoms with Gasteiger partial charge in [0.05, 0.1) is 5.75 Å². The second kappa shape index (κ2) is 7.63. The Labute approximate surface area is 160 Å². The number of hydrogen-bond donors (Lipinski definition) is 1. The number of amides is 1. The van der Waals surface area contributed by atoms with Gasteiger partial charge in [-0.15, -0.1) is 21.5 Å². The number of carbonyl (C=O) groups excluding carboxylic acids is 1. The molecule has 1 saturated carbocycles. The molecule has 134 valence electrons. The molecular weight excluding hydrogens is 364 g/mol. The highest BCUT2D eigenvalue weighted by Crippen LogP contribution is 2.39. The molecule has 0 radical (unpaired) electrons. The molecule has 1 aliphatic rings. The van der Waals surface area contributed by atoms with E-state index < -0.39 is 0 Å². The highest BCUT2D eigenvalue weighted by molar-refractivity contribution is 7.99. The van der Waals surface area contributed by atoms with Crippen molar-refractivity contribution in [3.63, 3.8) is 0 Å². The fourth-order valence-corrected chi connectivity index (χ4v) is 4.37. The Morgan fingerprint density at radius 1 is 1.31 bits per heavy atom. The third-order valence-electron chi connectivity index (χ3n) is 4.19. The molecule has 0 spiro atoms. The van der Waals surface area contributed by atoms with Gasteiger partial charge >= 0.3 is 0 Å². The minimum atomic E-state index is -0.0225. The fraction of sp³-hybridized carbons (Fsp3) is 0.316. The van der Waals surface area contributed by atoms with Crippen molar-refractivity contribution in [2.45, 2.75) is 37.4 Å². The highest BCUT2D eigenvalue weighted by Gasteiger charge is 2.29. The number of aryl methyl sites for hydroxylation is 1. The molecule has 0 bridgehead atoms. The third kappa shape index (κ3) is 4.16. The normalized spacial score (nSPS) is 13.7. The molecule has 3 aromatic rings. The van der Waals surface area contributed by atoms with Crippen molar-refractivity contribution in [2.75, 3.05) is 11.1 Å². The molecule has 1 aromatic carbocycles. The number of aromatic nitrogens is 3. The molecule has 0 saturated heterocycles. The minimum Gasteiger partial charge on any atom is -0.325 e. The van der Waals surface area contributed by atoms with Crippen LogP contribution in [0.3, 0.4) is 0 Å². The summed E-state index contributed by atoms with van der Waals surface area (Å²) in [5, 5.41) is 14.6. The van der Waals surface area contributed by atoms with Gasteiger partial charge in [0.25, 0.3) is 0 Å². The quantitative estimate of drug-likeness (QED) is 0.617. The Bertz CT molecular complexity index is 900. The lowest BCUT2D eigenvalue weighted by molar-refractivity contribution is -0.113. The zero-order valence-electron chi connectivity index (χ0n) is 14.5. The smallest absolute Gasteiger partial charge is 0.234 e. The van der Waals surface area contributed by atoms with Crippen molar-refractivity contribution in [3.8, 4) is 0 Å². The van der Waals surface area contributed by atoms with E-state index in [4.69, 9.17) is 0 Å². The molecule has 26 heavy (non-hydrogen) atoms. The van der Waals surface area contributed by atoms with Gasteiger partial charge in [0.2, 0.25) is 5.91 Å². The van der Waals surface area contributed by atoms with E-state index in [1.165, 1.54) is 29.5 Å². The molecule has 0 unspecified atom stereocenters. The first-order valence-corrected chi connectivity index (χ1v) is 10.5. The third-order valence-corrected chi connectivity index (χ3v) is 6.01. The van der Waals surface area contributed by atoms with Crippen LogP contribution in [0.15, 0.2) is 46.9 Å². The summed E-state index contributed by atoms with van der Waals surface area (Å²) in [4.78, 5) is 13.6. The maximum Gasteiger partial charge on any atom is 0.234 e. The number of nitrogens with one attached hydrogen (secondary N) is 1. The van der Waals surface area contributed by atoms with Gasteiger partial charge in [-0.05, 0) is 48.9 Å². The van der Waals surface area contributed by atoms with Crippen molar-refractivity contribution in [2.24, 2.45) is 0 Å². The maximum atomic E-state index is 12.3. The summed E-state index contributed by atoms with van der Waals surface area (Å²) >= 11 is 3.20. The number of anilines is 1. The van der Waals surface area contributed by atoms with Gasteiger partial charge in [0, 0.05) is 23.0 Å². The van der Waals surface area contributed by atoms with Crippen LogP contribution in [0.25, 0.3) is 0 Å². The van der Waals surface area contributed by atoms with Gasteiger partial charge < -0.3 is 9.88 Å². The van der Waals surface area contributed by atoms with Crippen LogP contribution in [0.1, 0.15) is 35.1 Å². The summed E-state index contributed by atoms with van der Waals surface area (Å²) in [5.74, 6) is 1.31. The summed E-state index contributed by atoms with van der Waals surface area (Å²) < 4.78 is 2.23. The van der Waals surface area contributed by atoms with Crippen molar-refractivity contribution in [3.05, 3.63) is 58.0 Å². The standard InChI is InChI=1S/C19H20N4OS2/c1-13-4-2-5-14(10-13)20-18(24)12-26-19-22-21-17(23(19)15-7-8-15)11-16-6-3-9-25-16/h2-6,9-10,15H,7-8,11-12H2,1H3,(H,20,24). The lowest BCUT2D eigenvalue weighted by Gasteiger charge is -2.09. The molecule has 1 amide bonds. The Hall–Kier alpha value is -2.12. The van der Waals surface area contributed by atoms with E-state index in [-0.39, 0.29) is 5.91 Å². The zero-order chi connectivity index (χ0) is 17.9. The van der Waals surface area contributed by atoms with Crippen LogP contribution in [0.2, 0.25) is 0 Å². The molecule has 5 nitrogen and oxygen atoms in total. The number of benzene rings is 1. The monoisotopic (exact) mass is 384 g/mol. The lowest BCUT2D eigenvalue weighted by Crippen LogP contribution is -2.14. The molecule has 2 aromatic heterocycles. The van der Waals surface area contributed by atoms with Crippen LogP contribution >= 0.6 is 23.1 Å². The van der Waals surface area contributed by atoms with Crippen LogP contribution in [0, 0.1) is 6.92 Å². The molecule has 1 N–H and O–H groups in total. The molecule has 7 heteroatoms. The fourth-order valence-electron chi connectivity index (χ4n) is 2.84. The molecule has 1 fully saturated rings. The Morgan fingerprint density at radius 2 is 2.19 bits per heavy atom. The van der Waals surface area contributed by atoms with Crippen LogP contribution < -0.4 is 5.32 Å². The van der Waals surface area contributed by atoms with E-state index in [0.717, 1.165) is 28.7 Å². The molecule has 2 heterocycles. The Kier molecular flexibility index (Phi) is 5.08. The first-order valence-electron chi connectivity index (χ1n) is 8.64. The average Bonchev–Trinajstić information content (AvgIpc) is 3.17. The van der Waals surface area contributed by atoms with Crippen LogP contribution in [-0.2, 0) is 11.2 Å². The molecular formula is C19H20N4OS2. The Balaban J connectivity index is 1.41. The van der Waals surface area contributed by atoms with E-state index in [1.807, 2.05) is 31.2 Å². The van der Waals surface area contributed by atoms with Crippen molar-refractivity contribution >= 4 is 34.7 Å². The Morgan fingerprint density at radius 3 is 2.92 bits per heavy atom. The number of hydrogen-bond acceptors (Lipinski definition) is 5.